The predicted molar refractivity (Wildman–Crippen MR) is 85.1 cm³/mol. The van der Waals surface area contributed by atoms with Gasteiger partial charge in [-0.2, -0.15) is 0 Å². The van der Waals surface area contributed by atoms with E-state index in [0.717, 1.165) is 4.90 Å². The van der Waals surface area contributed by atoms with Crippen LogP contribution in [0.4, 0.5) is 4.79 Å². The Kier molecular flexibility index (Phi) is 6.94. The van der Waals surface area contributed by atoms with Crippen LogP contribution in [0.5, 0.6) is 0 Å². The number of alkyl carbamates (subject to hydrolysis) is 1. The number of carboxylic acid groups (broad SMARTS) is 1. The zero-order valence-corrected chi connectivity index (χ0v) is 14.2. The number of amides is 3. The zero-order chi connectivity index (χ0) is 18.3. The van der Waals surface area contributed by atoms with E-state index in [2.05, 4.69) is 5.32 Å². The van der Waals surface area contributed by atoms with Crippen molar-refractivity contribution in [3.05, 3.63) is 12.2 Å². The van der Waals surface area contributed by atoms with Crippen LogP contribution in [0.1, 0.15) is 46.5 Å². The minimum Gasteiger partial charge on any atom is -0.481 e. The summed E-state index contributed by atoms with van der Waals surface area (Å²) in [7, 11) is 0. The van der Waals surface area contributed by atoms with E-state index in [1.165, 1.54) is 12.2 Å². The molecule has 1 heterocycles. The summed E-state index contributed by atoms with van der Waals surface area (Å²) in [5, 5.41) is 11.2. The molecule has 0 radical (unpaired) electrons. The highest BCUT2D eigenvalue weighted by Crippen LogP contribution is 2.15. The maximum absolute atomic E-state index is 11.8. The van der Waals surface area contributed by atoms with Gasteiger partial charge in [-0.15, -0.1) is 0 Å². The summed E-state index contributed by atoms with van der Waals surface area (Å²) >= 11 is 0. The molecule has 0 saturated carbocycles. The van der Waals surface area contributed by atoms with Gasteiger partial charge < -0.3 is 15.2 Å². The second kappa shape index (κ2) is 8.47. The summed E-state index contributed by atoms with van der Waals surface area (Å²) in [5.74, 6) is -1.77. The molecule has 0 spiro atoms. The Labute approximate surface area is 140 Å². The van der Waals surface area contributed by atoms with E-state index in [1.807, 2.05) is 0 Å². The van der Waals surface area contributed by atoms with Crippen LogP contribution in [-0.2, 0) is 19.1 Å². The summed E-state index contributed by atoms with van der Waals surface area (Å²) < 4.78 is 5.13. The molecule has 8 nitrogen and oxygen atoms in total. The molecule has 0 saturated heterocycles. The van der Waals surface area contributed by atoms with Crippen molar-refractivity contribution in [2.75, 3.05) is 6.54 Å². The van der Waals surface area contributed by atoms with Crippen molar-refractivity contribution in [2.24, 2.45) is 0 Å². The Hall–Kier alpha value is -2.38. The van der Waals surface area contributed by atoms with Gasteiger partial charge >= 0.3 is 12.1 Å². The Bertz CT molecular complexity index is 517. The lowest BCUT2D eigenvalue weighted by Crippen LogP contribution is -2.47. The Balaban J connectivity index is 2.60. The van der Waals surface area contributed by atoms with Gasteiger partial charge in [-0.3, -0.25) is 19.3 Å². The van der Waals surface area contributed by atoms with Crippen molar-refractivity contribution in [1.29, 1.82) is 0 Å². The average molecular weight is 340 g/mol. The van der Waals surface area contributed by atoms with Gasteiger partial charge in [-0.1, -0.05) is 6.42 Å². The van der Waals surface area contributed by atoms with Crippen LogP contribution in [-0.4, -0.2) is 52.1 Å². The first-order valence-electron chi connectivity index (χ1n) is 7.84. The summed E-state index contributed by atoms with van der Waals surface area (Å²) in [6.07, 6.45) is 3.10. The van der Waals surface area contributed by atoms with Crippen LogP contribution in [0, 0.1) is 0 Å². The van der Waals surface area contributed by atoms with Gasteiger partial charge in [0.25, 0.3) is 11.8 Å². The van der Waals surface area contributed by atoms with E-state index in [9.17, 15) is 19.2 Å². The third-order valence-electron chi connectivity index (χ3n) is 3.27. The molecular formula is C16H24N2O6. The number of nitrogens with one attached hydrogen (secondary N) is 1. The Morgan fingerprint density at radius 3 is 2.29 bits per heavy atom. The molecule has 0 fully saturated rings. The fourth-order valence-corrected chi connectivity index (χ4v) is 2.27. The minimum absolute atomic E-state index is 0.0202. The predicted octanol–water partition coefficient (Wildman–Crippen LogP) is 1.45. The first kappa shape index (κ1) is 19.7. The third kappa shape index (κ3) is 6.80. The van der Waals surface area contributed by atoms with Crippen LogP contribution < -0.4 is 5.32 Å². The molecule has 0 bridgehead atoms. The van der Waals surface area contributed by atoms with Crippen LogP contribution >= 0.6 is 0 Å². The standard InChI is InChI=1S/C16H24N2O6/c1-16(2,3)24-15(23)17-10-11(6-4-5-7-14(21)22)18-12(19)8-9-13(18)20/h8-9,11H,4-7,10H2,1-3H3,(H,17,23)(H,21,22)/t11-/m1/s1. The quantitative estimate of drug-likeness (QED) is 0.511. The molecule has 0 aromatic rings. The molecule has 1 aliphatic heterocycles. The number of carbonyl (C=O) groups is 4. The molecule has 3 amide bonds. The summed E-state index contributed by atoms with van der Waals surface area (Å²) in [6.45, 7) is 5.25. The normalized spacial score (nSPS) is 15.5. The van der Waals surface area contributed by atoms with Crippen molar-refractivity contribution >= 4 is 23.9 Å². The minimum atomic E-state index is -0.895. The molecule has 0 unspecified atom stereocenters. The topological polar surface area (TPSA) is 113 Å². The maximum atomic E-state index is 11.8. The van der Waals surface area contributed by atoms with Gasteiger partial charge in [0.15, 0.2) is 0 Å². The van der Waals surface area contributed by atoms with Crippen molar-refractivity contribution in [3.63, 3.8) is 0 Å². The molecular weight excluding hydrogens is 316 g/mol. The number of hydrogen-bond acceptors (Lipinski definition) is 5. The first-order valence-corrected chi connectivity index (χ1v) is 7.84. The van der Waals surface area contributed by atoms with Crippen molar-refractivity contribution in [1.82, 2.24) is 10.2 Å². The van der Waals surface area contributed by atoms with Gasteiger partial charge in [0.05, 0.1) is 6.04 Å². The molecule has 134 valence electrons. The molecule has 1 aliphatic rings. The largest absolute Gasteiger partial charge is 0.481 e. The number of carboxylic acids is 1. The van der Waals surface area contributed by atoms with Crippen LogP contribution in [0.25, 0.3) is 0 Å². The van der Waals surface area contributed by atoms with Crippen molar-refractivity contribution in [2.45, 2.75) is 58.1 Å². The summed E-state index contributed by atoms with van der Waals surface area (Å²) in [6, 6.07) is -0.540. The highest BCUT2D eigenvalue weighted by atomic mass is 16.6. The van der Waals surface area contributed by atoms with E-state index in [0.29, 0.717) is 19.3 Å². The lowest BCUT2D eigenvalue weighted by atomic mass is 10.1. The molecule has 2 N–H and O–H groups in total. The second-order valence-corrected chi connectivity index (χ2v) is 6.56. The fourth-order valence-electron chi connectivity index (χ4n) is 2.27. The van der Waals surface area contributed by atoms with Gasteiger partial charge in [0.1, 0.15) is 5.60 Å². The molecule has 0 aromatic heterocycles. The number of imide groups is 1. The van der Waals surface area contributed by atoms with E-state index < -0.39 is 35.5 Å². The molecule has 8 heteroatoms. The molecule has 24 heavy (non-hydrogen) atoms. The number of hydrogen-bond donors (Lipinski definition) is 2. The second-order valence-electron chi connectivity index (χ2n) is 6.56. The van der Waals surface area contributed by atoms with E-state index >= 15 is 0 Å². The average Bonchev–Trinajstić information content (AvgIpc) is 2.76. The van der Waals surface area contributed by atoms with E-state index in [-0.39, 0.29) is 13.0 Å². The monoisotopic (exact) mass is 340 g/mol. The number of nitrogens with zero attached hydrogens (tertiary/aromatic N) is 1. The first-order chi connectivity index (χ1) is 11.1. The van der Waals surface area contributed by atoms with Gasteiger partial charge in [-0.25, -0.2) is 4.79 Å². The molecule has 1 rings (SSSR count). The fraction of sp³-hybridized carbons (Fsp3) is 0.625. The third-order valence-corrected chi connectivity index (χ3v) is 3.27. The highest BCUT2D eigenvalue weighted by molar-refractivity contribution is 6.13. The summed E-state index contributed by atoms with van der Waals surface area (Å²) in [5.41, 5.74) is -0.651. The van der Waals surface area contributed by atoms with Crippen LogP contribution in [0.15, 0.2) is 12.2 Å². The maximum Gasteiger partial charge on any atom is 0.407 e. The van der Waals surface area contributed by atoms with Crippen LogP contribution in [0.2, 0.25) is 0 Å². The number of ether oxygens (including phenoxy) is 1. The SMILES string of the molecule is CC(C)(C)OC(=O)NC[C@@H](CCCCC(=O)O)N1C(=O)C=CC1=O. The van der Waals surface area contributed by atoms with Gasteiger partial charge in [-0.05, 0) is 33.6 Å². The Morgan fingerprint density at radius 2 is 1.79 bits per heavy atom. The van der Waals surface area contributed by atoms with Gasteiger partial charge in [0, 0.05) is 25.1 Å². The Morgan fingerprint density at radius 1 is 1.21 bits per heavy atom. The highest BCUT2D eigenvalue weighted by Gasteiger charge is 2.31. The number of aliphatic carboxylic acids is 1. The molecule has 0 aliphatic carbocycles. The zero-order valence-electron chi connectivity index (χ0n) is 14.2. The molecule has 0 aromatic carbocycles. The van der Waals surface area contributed by atoms with Gasteiger partial charge in [0.2, 0.25) is 0 Å². The smallest absolute Gasteiger partial charge is 0.407 e. The lowest BCUT2D eigenvalue weighted by molar-refractivity contribution is -0.140. The van der Waals surface area contributed by atoms with E-state index in [1.54, 1.807) is 20.8 Å². The van der Waals surface area contributed by atoms with Crippen LogP contribution in [0.3, 0.4) is 0 Å². The number of unbranched alkanes of at least 4 members (excludes halogenated alkanes) is 1. The summed E-state index contributed by atoms with van der Waals surface area (Å²) in [4.78, 5) is 47.0. The number of carbonyl (C=O) groups excluding carboxylic acids is 3. The lowest BCUT2D eigenvalue weighted by Gasteiger charge is -2.27. The molecule has 1 atom stereocenters. The van der Waals surface area contributed by atoms with Crippen molar-refractivity contribution in [3.8, 4) is 0 Å². The van der Waals surface area contributed by atoms with E-state index in [4.69, 9.17) is 9.84 Å². The van der Waals surface area contributed by atoms with Crippen molar-refractivity contribution < 1.29 is 29.0 Å². The number of rotatable bonds is 8.